The fourth-order valence-electron chi connectivity index (χ4n) is 3.62. The number of hydrogen-bond acceptors (Lipinski definition) is 6. The summed E-state index contributed by atoms with van der Waals surface area (Å²) in [5.74, 6) is 0.550. The van der Waals surface area contributed by atoms with E-state index in [1.807, 2.05) is 55.8 Å². The molecule has 0 fully saturated rings. The largest absolute Gasteiger partial charge is 0.477 e. The number of pyridine rings is 2. The topological polar surface area (TPSA) is 85.2 Å². The Morgan fingerprint density at radius 2 is 2.15 bits per heavy atom. The van der Waals surface area contributed by atoms with Gasteiger partial charge in [-0.05, 0) is 58.4 Å². The van der Waals surface area contributed by atoms with Crippen LogP contribution >= 0.6 is 0 Å². The van der Waals surface area contributed by atoms with Crippen LogP contribution in [0.25, 0.3) is 22.3 Å². The molecule has 3 aromatic heterocycles. The van der Waals surface area contributed by atoms with Crippen molar-refractivity contribution in [1.82, 2.24) is 24.6 Å². The van der Waals surface area contributed by atoms with Crippen LogP contribution in [0.15, 0.2) is 48.3 Å². The molecule has 33 heavy (non-hydrogen) atoms. The van der Waals surface area contributed by atoms with E-state index in [-0.39, 0.29) is 6.04 Å². The second kappa shape index (κ2) is 10.8. The Morgan fingerprint density at radius 1 is 1.36 bits per heavy atom. The van der Waals surface area contributed by atoms with E-state index in [0.29, 0.717) is 19.0 Å². The summed E-state index contributed by atoms with van der Waals surface area (Å²) in [5.41, 5.74) is 6.08. The molecule has 0 bridgehead atoms. The maximum absolute atomic E-state index is 11.1. The lowest BCUT2D eigenvalue weighted by Crippen LogP contribution is -2.13. The first-order valence-corrected chi connectivity index (χ1v) is 11.1. The molecule has 3 aromatic rings. The zero-order valence-corrected chi connectivity index (χ0v) is 20.2. The van der Waals surface area contributed by atoms with Crippen molar-refractivity contribution in [2.45, 2.75) is 40.7 Å². The van der Waals surface area contributed by atoms with Crippen LogP contribution < -0.4 is 10.1 Å². The molecule has 0 aliphatic carbocycles. The smallest absolute Gasteiger partial charge is 0.222 e. The van der Waals surface area contributed by atoms with Gasteiger partial charge in [0.2, 0.25) is 12.3 Å². The minimum absolute atomic E-state index is 0.165. The van der Waals surface area contributed by atoms with E-state index in [1.54, 1.807) is 19.4 Å². The number of allylic oxidation sites excluding steroid dienone is 1. The lowest BCUT2D eigenvalue weighted by molar-refractivity contribution is -0.115. The van der Waals surface area contributed by atoms with Crippen molar-refractivity contribution in [2.75, 3.05) is 25.5 Å². The van der Waals surface area contributed by atoms with E-state index >= 15 is 0 Å². The van der Waals surface area contributed by atoms with Crippen molar-refractivity contribution in [3.05, 3.63) is 54.0 Å². The molecule has 0 aromatic carbocycles. The fraction of sp³-hybridized carbons (Fsp3) is 0.360. The van der Waals surface area contributed by atoms with Gasteiger partial charge in [0.1, 0.15) is 11.0 Å². The summed E-state index contributed by atoms with van der Waals surface area (Å²) in [7, 11) is 1.72. The van der Waals surface area contributed by atoms with Gasteiger partial charge in [0, 0.05) is 32.0 Å². The molecule has 8 heteroatoms. The number of nitrogens with one attached hydrogen (secondary N) is 1. The first-order valence-electron chi connectivity index (χ1n) is 11.1. The van der Waals surface area contributed by atoms with E-state index in [2.05, 4.69) is 24.1 Å². The summed E-state index contributed by atoms with van der Waals surface area (Å²) in [4.78, 5) is 21.9. The van der Waals surface area contributed by atoms with Crippen LogP contribution in [0.1, 0.15) is 39.4 Å². The Morgan fingerprint density at radius 3 is 2.82 bits per heavy atom. The van der Waals surface area contributed by atoms with Crippen molar-refractivity contribution < 1.29 is 9.53 Å². The Bertz CT molecular complexity index is 1180. The number of anilines is 1. The highest BCUT2D eigenvalue weighted by atomic mass is 16.5. The van der Waals surface area contributed by atoms with E-state index in [4.69, 9.17) is 14.8 Å². The number of amides is 1. The summed E-state index contributed by atoms with van der Waals surface area (Å²) in [6.45, 7) is 11.1. The van der Waals surface area contributed by atoms with Crippen molar-refractivity contribution in [3.63, 3.8) is 0 Å². The van der Waals surface area contributed by atoms with E-state index in [9.17, 15) is 4.79 Å². The van der Waals surface area contributed by atoms with Gasteiger partial charge in [-0.3, -0.25) is 9.48 Å². The number of fused-ring (bicyclic) bond motifs is 1. The first kappa shape index (κ1) is 24.0. The van der Waals surface area contributed by atoms with Gasteiger partial charge in [-0.25, -0.2) is 9.97 Å². The minimum atomic E-state index is 0.165. The predicted molar refractivity (Wildman–Crippen MR) is 132 cm³/mol. The molecule has 0 aliphatic heterocycles. The Balaban J connectivity index is 2.15. The van der Waals surface area contributed by atoms with Gasteiger partial charge in [-0.15, -0.1) is 0 Å². The predicted octanol–water partition coefficient (Wildman–Crippen LogP) is 4.74. The molecular weight excluding hydrogens is 416 g/mol. The van der Waals surface area contributed by atoms with Crippen LogP contribution in [0.2, 0.25) is 0 Å². The van der Waals surface area contributed by atoms with Gasteiger partial charge in [-0.1, -0.05) is 12.2 Å². The minimum Gasteiger partial charge on any atom is -0.477 e. The van der Waals surface area contributed by atoms with Crippen LogP contribution in [0, 0.1) is 6.92 Å². The highest BCUT2D eigenvalue weighted by molar-refractivity contribution is 5.93. The third-order valence-electron chi connectivity index (χ3n) is 5.04. The van der Waals surface area contributed by atoms with Gasteiger partial charge < -0.3 is 15.0 Å². The zero-order valence-electron chi connectivity index (χ0n) is 20.2. The summed E-state index contributed by atoms with van der Waals surface area (Å²) in [6.07, 6.45) is 8.23. The van der Waals surface area contributed by atoms with E-state index < -0.39 is 0 Å². The Hall–Kier alpha value is -3.68. The fourth-order valence-corrected chi connectivity index (χ4v) is 3.62. The number of aryl methyl sites for hydroxylation is 1. The standard InChI is InChI=1S/C25H32N6O2/c1-7-10-19(15-30(6)16-32)14-27-22-13-21(20-11-9-12-26-25(20)33-8-2)28-23-18(5)29-31(17(3)4)24(22)23/h7,9-13,15-17H,8,14H2,1-6H3,(H,27,28)/b10-7-,19-15+. The van der Waals surface area contributed by atoms with Crippen molar-refractivity contribution in [2.24, 2.45) is 0 Å². The van der Waals surface area contributed by atoms with Crippen LogP contribution in [0.4, 0.5) is 5.69 Å². The third kappa shape index (κ3) is 5.39. The number of carbonyl (C=O) groups is 1. The lowest BCUT2D eigenvalue weighted by atomic mass is 10.1. The molecule has 0 unspecified atom stereocenters. The van der Waals surface area contributed by atoms with Crippen LogP contribution in [0.3, 0.4) is 0 Å². The van der Waals surface area contributed by atoms with E-state index in [0.717, 1.165) is 45.7 Å². The zero-order chi connectivity index (χ0) is 24.0. The quantitative estimate of drug-likeness (QED) is 0.356. The second-order valence-electron chi connectivity index (χ2n) is 7.99. The molecule has 0 saturated heterocycles. The van der Waals surface area contributed by atoms with Gasteiger partial charge >= 0.3 is 0 Å². The van der Waals surface area contributed by atoms with Gasteiger partial charge in [0.15, 0.2) is 0 Å². The molecule has 0 saturated carbocycles. The SMILES string of the molecule is C/C=C\C(=C/N(C)C=O)CNc1cc(-c2cccnc2OCC)nc2c(C)nn(C(C)C)c12. The monoisotopic (exact) mass is 448 g/mol. The molecule has 1 N–H and O–H groups in total. The third-order valence-corrected chi connectivity index (χ3v) is 5.04. The van der Waals surface area contributed by atoms with Crippen molar-refractivity contribution >= 4 is 23.1 Å². The maximum atomic E-state index is 11.1. The molecule has 174 valence electrons. The molecule has 0 atom stereocenters. The second-order valence-corrected chi connectivity index (χ2v) is 7.99. The van der Waals surface area contributed by atoms with E-state index in [1.165, 1.54) is 4.90 Å². The molecule has 3 rings (SSSR count). The summed E-state index contributed by atoms with van der Waals surface area (Å²) >= 11 is 0. The molecular formula is C25H32N6O2. The van der Waals surface area contributed by atoms with Crippen molar-refractivity contribution in [3.8, 4) is 17.1 Å². The molecule has 0 aliphatic rings. The normalized spacial score (nSPS) is 12.0. The summed E-state index contributed by atoms with van der Waals surface area (Å²) in [5, 5.41) is 8.30. The van der Waals surface area contributed by atoms with Crippen molar-refractivity contribution in [1.29, 1.82) is 0 Å². The van der Waals surface area contributed by atoms with Gasteiger partial charge in [0.25, 0.3) is 0 Å². The van der Waals surface area contributed by atoms with Crippen LogP contribution in [0.5, 0.6) is 5.88 Å². The average molecular weight is 449 g/mol. The Kier molecular flexibility index (Phi) is 7.82. The molecule has 3 heterocycles. The molecule has 0 spiro atoms. The maximum Gasteiger partial charge on any atom is 0.222 e. The molecule has 8 nitrogen and oxygen atoms in total. The summed E-state index contributed by atoms with van der Waals surface area (Å²) < 4.78 is 7.75. The average Bonchev–Trinajstić information content (AvgIpc) is 3.15. The highest BCUT2D eigenvalue weighted by Crippen LogP contribution is 2.34. The van der Waals surface area contributed by atoms with Gasteiger partial charge in [-0.2, -0.15) is 5.10 Å². The van der Waals surface area contributed by atoms with Gasteiger partial charge in [0.05, 0.1) is 29.2 Å². The number of ether oxygens (including phenoxy) is 1. The number of rotatable bonds is 10. The van der Waals surface area contributed by atoms with Crippen LogP contribution in [-0.4, -0.2) is 51.3 Å². The lowest BCUT2D eigenvalue weighted by Gasteiger charge is -2.16. The molecule has 1 amide bonds. The number of carbonyl (C=O) groups excluding carboxylic acids is 1. The number of aromatic nitrogens is 4. The summed E-state index contributed by atoms with van der Waals surface area (Å²) in [6, 6.07) is 6.02. The molecule has 0 radical (unpaired) electrons. The first-order chi connectivity index (χ1) is 15.9. The number of nitrogens with zero attached hydrogens (tertiary/aromatic N) is 5. The van der Waals surface area contributed by atoms with Crippen LogP contribution in [-0.2, 0) is 4.79 Å². The Labute approximate surface area is 195 Å². The highest BCUT2D eigenvalue weighted by Gasteiger charge is 2.19. The number of hydrogen-bond donors (Lipinski definition) is 1.